The fourth-order valence-corrected chi connectivity index (χ4v) is 3.58. The van der Waals surface area contributed by atoms with Gasteiger partial charge in [0.05, 0.1) is 23.0 Å². The van der Waals surface area contributed by atoms with E-state index in [1.807, 2.05) is 49.4 Å². The van der Waals surface area contributed by atoms with Crippen LogP contribution in [0.15, 0.2) is 83.8 Å². The molecule has 0 saturated carbocycles. The van der Waals surface area contributed by atoms with Gasteiger partial charge in [-0.1, -0.05) is 54.1 Å². The molecule has 6 heteroatoms. The van der Waals surface area contributed by atoms with Crippen molar-refractivity contribution in [1.29, 1.82) is 0 Å². The number of carbonyl (C=O) groups excluding carboxylic acids is 2. The maximum atomic E-state index is 12.8. The van der Waals surface area contributed by atoms with E-state index in [1.54, 1.807) is 36.4 Å². The molecule has 0 aliphatic rings. The van der Waals surface area contributed by atoms with E-state index in [1.165, 1.54) is 11.8 Å². The molecular formula is C23H21ClN2O2S. The molecule has 148 valence electrons. The Hall–Kier alpha value is -2.76. The number of halogens is 1. The standard InChI is InChI=1S/C23H21ClN2O2S/c1-16(17-7-3-2-4-8-17)25-23(28)20-9-5-6-10-21(20)26-22(27)15-29-19-13-11-18(24)12-14-19/h2-14,16H,15H2,1H3,(H,25,28)(H,26,27)/t16-/m1/s1. The van der Waals surface area contributed by atoms with Crippen molar-refractivity contribution >= 4 is 40.9 Å². The van der Waals surface area contributed by atoms with Gasteiger partial charge >= 0.3 is 0 Å². The third-order valence-electron chi connectivity index (χ3n) is 4.28. The van der Waals surface area contributed by atoms with Gasteiger partial charge in [-0.2, -0.15) is 0 Å². The maximum Gasteiger partial charge on any atom is 0.253 e. The molecule has 3 aromatic rings. The minimum Gasteiger partial charge on any atom is -0.345 e. The van der Waals surface area contributed by atoms with E-state index in [2.05, 4.69) is 10.6 Å². The van der Waals surface area contributed by atoms with Crippen LogP contribution in [0.1, 0.15) is 28.9 Å². The first-order valence-electron chi connectivity index (χ1n) is 9.16. The van der Waals surface area contributed by atoms with Crippen LogP contribution in [0.4, 0.5) is 5.69 Å². The van der Waals surface area contributed by atoms with Crippen molar-refractivity contribution in [3.63, 3.8) is 0 Å². The number of nitrogens with one attached hydrogen (secondary N) is 2. The summed E-state index contributed by atoms with van der Waals surface area (Å²) in [4.78, 5) is 26.1. The minimum atomic E-state index is -0.234. The highest BCUT2D eigenvalue weighted by atomic mass is 35.5. The normalized spacial score (nSPS) is 11.5. The smallest absolute Gasteiger partial charge is 0.253 e. The number of para-hydroxylation sites is 1. The van der Waals surface area contributed by atoms with E-state index in [-0.39, 0.29) is 23.6 Å². The van der Waals surface area contributed by atoms with Gasteiger partial charge < -0.3 is 10.6 Å². The predicted octanol–water partition coefficient (Wildman–Crippen LogP) is 5.56. The average molecular weight is 425 g/mol. The van der Waals surface area contributed by atoms with E-state index in [0.717, 1.165) is 10.5 Å². The molecule has 0 radical (unpaired) electrons. The first-order chi connectivity index (χ1) is 14.0. The molecule has 0 saturated heterocycles. The van der Waals surface area contributed by atoms with Gasteiger partial charge in [0.25, 0.3) is 5.91 Å². The lowest BCUT2D eigenvalue weighted by atomic mass is 10.1. The molecule has 0 aromatic heterocycles. The lowest BCUT2D eigenvalue weighted by Crippen LogP contribution is -2.28. The summed E-state index contributed by atoms with van der Waals surface area (Å²) in [6, 6.07) is 23.9. The maximum absolute atomic E-state index is 12.8. The SMILES string of the molecule is C[C@@H](NC(=O)c1ccccc1NC(=O)CSc1ccc(Cl)cc1)c1ccccc1. The Balaban J connectivity index is 1.62. The molecule has 0 aliphatic carbocycles. The number of carbonyl (C=O) groups is 2. The van der Waals surface area contributed by atoms with Crippen molar-refractivity contribution in [2.24, 2.45) is 0 Å². The number of rotatable bonds is 7. The van der Waals surface area contributed by atoms with Crippen LogP contribution in [0.25, 0.3) is 0 Å². The second kappa shape index (κ2) is 10.1. The third kappa shape index (κ3) is 6.11. The fraction of sp³-hybridized carbons (Fsp3) is 0.130. The van der Waals surface area contributed by atoms with Gasteiger partial charge in [-0.3, -0.25) is 9.59 Å². The van der Waals surface area contributed by atoms with Gasteiger partial charge in [-0.25, -0.2) is 0 Å². The van der Waals surface area contributed by atoms with Gasteiger partial charge in [0.15, 0.2) is 0 Å². The quantitative estimate of drug-likeness (QED) is 0.488. The Morgan fingerprint density at radius 3 is 2.31 bits per heavy atom. The Morgan fingerprint density at radius 2 is 1.59 bits per heavy atom. The highest BCUT2D eigenvalue weighted by molar-refractivity contribution is 8.00. The van der Waals surface area contributed by atoms with Crippen LogP contribution in [0, 0.1) is 0 Å². The predicted molar refractivity (Wildman–Crippen MR) is 120 cm³/mol. The van der Waals surface area contributed by atoms with Crippen LogP contribution in [-0.2, 0) is 4.79 Å². The van der Waals surface area contributed by atoms with Crippen LogP contribution in [0.5, 0.6) is 0 Å². The van der Waals surface area contributed by atoms with Crippen LogP contribution in [0.3, 0.4) is 0 Å². The van der Waals surface area contributed by atoms with Gasteiger partial charge in [0, 0.05) is 9.92 Å². The van der Waals surface area contributed by atoms with E-state index >= 15 is 0 Å². The number of hydrogen-bond acceptors (Lipinski definition) is 3. The summed E-state index contributed by atoms with van der Waals surface area (Å²) in [7, 11) is 0. The molecule has 0 fully saturated rings. The zero-order chi connectivity index (χ0) is 20.6. The summed E-state index contributed by atoms with van der Waals surface area (Å²) in [5, 5.41) is 6.48. The Labute approximate surface area is 179 Å². The molecule has 29 heavy (non-hydrogen) atoms. The fourth-order valence-electron chi connectivity index (χ4n) is 2.76. The first-order valence-corrected chi connectivity index (χ1v) is 10.5. The van der Waals surface area contributed by atoms with Crippen LogP contribution < -0.4 is 10.6 Å². The molecule has 2 N–H and O–H groups in total. The lowest BCUT2D eigenvalue weighted by Gasteiger charge is -2.16. The van der Waals surface area contributed by atoms with E-state index in [4.69, 9.17) is 11.6 Å². The molecule has 4 nitrogen and oxygen atoms in total. The van der Waals surface area contributed by atoms with Crippen molar-refractivity contribution in [2.45, 2.75) is 17.9 Å². The summed E-state index contributed by atoms with van der Waals surface area (Å²) in [6.45, 7) is 1.93. The van der Waals surface area contributed by atoms with Crippen molar-refractivity contribution in [1.82, 2.24) is 5.32 Å². The molecule has 0 unspecified atom stereocenters. The van der Waals surface area contributed by atoms with Gasteiger partial charge in [-0.15, -0.1) is 11.8 Å². The zero-order valence-electron chi connectivity index (χ0n) is 15.9. The number of thioether (sulfide) groups is 1. The topological polar surface area (TPSA) is 58.2 Å². The molecule has 3 rings (SSSR count). The second-order valence-electron chi connectivity index (χ2n) is 6.44. The minimum absolute atomic E-state index is 0.145. The van der Waals surface area contributed by atoms with E-state index < -0.39 is 0 Å². The highest BCUT2D eigenvalue weighted by Gasteiger charge is 2.16. The molecule has 3 aromatic carbocycles. The summed E-state index contributed by atoms with van der Waals surface area (Å²) in [6.07, 6.45) is 0. The zero-order valence-corrected chi connectivity index (χ0v) is 17.5. The second-order valence-corrected chi connectivity index (χ2v) is 7.93. The van der Waals surface area contributed by atoms with Crippen LogP contribution in [0.2, 0.25) is 5.02 Å². The number of benzene rings is 3. The Kier molecular flexibility index (Phi) is 7.33. The number of hydrogen-bond donors (Lipinski definition) is 2. The monoisotopic (exact) mass is 424 g/mol. The lowest BCUT2D eigenvalue weighted by molar-refractivity contribution is -0.113. The van der Waals surface area contributed by atoms with Crippen LogP contribution in [-0.4, -0.2) is 17.6 Å². The Morgan fingerprint density at radius 1 is 0.931 bits per heavy atom. The van der Waals surface area contributed by atoms with E-state index in [9.17, 15) is 9.59 Å². The summed E-state index contributed by atoms with van der Waals surface area (Å²) >= 11 is 7.28. The summed E-state index contributed by atoms with van der Waals surface area (Å²) < 4.78 is 0. The largest absolute Gasteiger partial charge is 0.345 e. The summed E-state index contributed by atoms with van der Waals surface area (Å²) in [5.74, 6) is -0.179. The number of anilines is 1. The molecule has 0 spiro atoms. The molecule has 1 atom stereocenters. The molecule has 0 aliphatic heterocycles. The van der Waals surface area contributed by atoms with E-state index in [0.29, 0.717) is 16.3 Å². The van der Waals surface area contributed by atoms with Gasteiger partial charge in [0.2, 0.25) is 5.91 Å². The molecule has 0 bridgehead atoms. The summed E-state index contributed by atoms with van der Waals surface area (Å²) in [5.41, 5.74) is 1.94. The first kappa shape index (κ1) is 21.0. The average Bonchev–Trinajstić information content (AvgIpc) is 2.74. The third-order valence-corrected chi connectivity index (χ3v) is 5.54. The van der Waals surface area contributed by atoms with Gasteiger partial charge in [0.1, 0.15) is 0 Å². The van der Waals surface area contributed by atoms with Gasteiger partial charge in [-0.05, 0) is 48.9 Å². The van der Waals surface area contributed by atoms with Crippen molar-refractivity contribution < 1.29 is 9.59 Å². The number of amides is 2. The molecule has 2 amide bonds. The van der Waals surface area contributed by atoms with Crippen molar-refractivity contribution in [3.05, 3.63) is 95.0 Å². The molecular weight excluding hydrogens is 404 g/mol. The molecule has 0 heterocycles. The van der Waals surface area contributed by atoms with Crippen molar-refractivity contribution in [3.8, 4) is 0 Å². The van der Waals surface area contributed by atoms with Crippen LogP contribution >= 0.6 is 23.4 Å². The van der Waals surface area contributed by atoms with Crippen molar-refractivity contribution in [2.75, 3.05) is 11.1 Å². The Bertz CT molecular complexity index is 978. The highest BCUT2D eigenvalue weighted by Crippen LogP contribution is 2.22.